The molecule has 0 aliphatic heterocycles. The lowest BCUT2D eigenvalue weighted by atomic mass is 10.0. The van der Waals surface area contributed by atoms with Crippen LogP contribution < -0.4 is 0 Å². The highest BCUT2D eigenvalue weighted by Crippen LogP contribution is 2.19. The molecule has 0 radical (unpaired) electrons. The lowest BCUT2D eigenvalue weighted by molar-refractivity contribution is -0.161. The Morgan fingerprint density at radius 1 is 0.288 bits per heavy atom. The highest BCUT2D eigenvalue weighted by atomic mass is 16.6. The molecule has 0 spiro atoms. The molecule has 0 aromatic carbocycles. The predicted molar refractivity (Wildman–Crippen MR) is 289 cm³/mol. The van der Waals surface area contributed by atoms with Crippen LogP contribution in [0.5, 0.6) is 0 Å². The Labute approximate surface area is 414 Å². The molecule has 66 heavy (non-hydrogen) atoms. The van der Waals surface area contributed by atoms with Crippen molar-refractivity contribution in [3.05, 3.63) is 0 Å². The van der Waals surface area contributed by atoms with Crippen LogP contribution >= 0.6 is 0 Å². The third-order valence-electron chi connectivity index (χ3n) is 14.4. The van der Waals surface area contributed by atoms with E-state index < -0.39 is 6.10 Å². The molecule has 0 saturated heterocycles. The van der Waals surface area contributed by atoms with E-state index >= 15 is 0 Å². The topological polar surface area (TPSA) is 72.8 Å². The number of hydrogen-bond donors (Lipinski definition) is 1. The van der Waals surface area contributed by atoms with Crippen LogP contribution in [0.2, 0.25) is 0 Å². The number of carbonyl (C=O) groups is 2. The summed E-state index contributed by atoms with van der Waals surface area (Å²) < 4.78 is 10.7. The van der Waals surface area contributed by atoms with Gasteiger partial charge in [-0.15, -0.1) is 0 Å². The van der Waals surface area contributed by atoms with E-state index in [9.17, 15) is 14.7 Å². The second-order valence-electron chi connectivity index (χ2n) is 21.2. The van der Waals surface area contributed by atoms with E-state index in [4.69, 9.17) is 9.47 Å². The van der Waals surface area contributed by atoms with E-state index in [-0.39, 0.29) is 25.2 Å². The maximum absolute atomic E-state index is 12.3. The first-order chi connectivity index (χ1) is 32.6. The average Bonchev–Trinajstić information content (AvgIpc) is 3.32. The second kappa shape index (κ2) is 58.2. The third kappa shape index (κ3) is 55.5. The summed E-state index contributed by atoms with van der Waals surface area (Å²) in [5.74, 6) is -0.570. The van der Waals surface area contributed by atoms with Crippen molar-refractivity contribution in [1.82, 2.24) is 0 Å². The monoisotopic (exact) mass is 933 g/mol. The molecule has 0 heterocycles. The van der Waals surface area contributed by atoms with Gasteiger partial charge in [-0.3, -0.25) is 9.59 Å². The largest absolute Gasteiger partial charge is 0.462 e. The molecule has 1 N–H and O–H groups in total. The molecule has 0 aliphatic rings. The van der Waals surface area contributed by atoms with Crippen LogP contribution in [-0.4, -0.2) is 36.4 Å². The Balaban J connectivity index is 3.28. The molecule has 0 rings (SSSR count). The minimum Gasteiger partial charge on any atom is -0.462 e. The lowest BCUT2D eigenvalue weighted by Gasteiger charge is -2.15. The minimum atomic E-state index is -0.763. The lowest BCUT2D eigenvalue weighted by Crippen LogP contribution is -2.28. The number of aliphatic hydroxyl groups is 1. The van der Waals surface area contributed by atoms with Gasteiger partial charge in [0, 0.05) is 12.8 Å². The van der Waals surface area contributed by atoms with Gasteiger partial charge in [-0.2, -0.15) is 0 Å². The van der Waals surface area contributed by atoms with Gasteiger partial charge in [-0.25, -0.2) is 0 Å². The van der Waals surface area contributed by atoms with Gasteiger partial charge in [0.1, 0.15) is 6.61 Å². The zero-order valence-electron chi connectivity index (χ0n) is 45.3. The second-order valence-corrected chi connectivity index (χ2v) is 21.2. The van der Waals surface area contributed by atoms with Crippen LogP contribution in [0.4, 0.5) is 0 Å². The van der Waals surface area contributed by atoms with E-state index in [1.54, 1.807) is 0 Å². The van der Waals surface area contributed by atoms with E-state index in [1.165, 1.54) is 302 Å². The standard InChI is InChI=1S/C61H120O5/c1-3-5-7-9-11-13-15-16-17-18-19-20-21-22-23-24-25-26-27-28-29-30-31-32-33-34-35-36-37-38-39-40-41-42-43-44-46-48-50-52-54-56-61(64)66-59(57-62)58-65-60(63)55-53-51-49-47-45-14-12-10-8-6-4-2/h59,62H,3-58H2,1-2H3. The van der Waals surface area contributed by atoms with Crippen LogP contribution in [0.3, 0.4) is 0 Å². The molecule has 0 aromatic heterocycles. The first-order valence-electron chi connectivity index (χ1n) is 30.6. The van der Waals surface area contributed by atoms with Crippen LogP contribution in [-0.2, 0) is 19.1 Å². The molecular formula is C61H120O5. The number of aliphatic hydroxyl groups excluding tert-OH is 1. The first kappa shape index (κ1) is 64.9. The van der Waals surface area contributed by atoms with Crippen molar-refractivity contribution in [2.45, 2.75) is 367 Å². The summed E-state index contributed by atoms with van der Waals surface area (Å²) in [6.07, 6.45) is 71.4. The van der Waals surface area contributed by atoms with E-state index in [0.717, 1.165) is 32.1 Å². The van der Waals surface area contributed by atoms with E-state index in [1.807, 2.05) is 0 Å². The maximum atomic E-state index is 12.3. The fraction of sp³-hybridized carbons (Fsp3) is 0.967. The molecule has 5 heteroatoms. The highest BCUT2D eigenvalue weighted by molar-refractivity contribution is 5.70. The smallest absolute Gasteiger partial charge is 0.306 e. The number of ether oxygens (including phenoxy) is 2. The normalized spacial score (nSPS) is 12.0. The molecule has 1 atom stereocenters. The molecule has 5 nitrogen and oxygen atoms in total. The molecule has 0 saturated carbocycles. The summed E-state index contributed by atoms with van der Waals surface area (Å²) in [7, 11) is 0. The summed E-state index contributed by atoms with van der Waals surface area (Å²) in [6, 6.07) is 0. The van der Waals surface area contributed by atoms with Crippen molar-refractivity contribution in [2.75, 3.05) is 13.2 Å². The average molecular weight is 934 g/mol. The van der Waals surface area contributed by atoms with Crippen molar-refractivity contribution < 1.29 is 24.2 Å². The predicted octanol–water partition coefficient (Wildman–Crippen LogP) is 20.5. The number of carbonyl (C=O) groups excluding carboxylic acids is 2. The Morgan fingerprint density at radius 2 is 0.470 bits per heavy atom. The van der Waals surface area contributed by atoms with Gasteiger partial charge < -0.3 is 14.6 Å². The van der Waals surface area contributed by atoms with Crippen molar-refractivity contribution in [3.8, 4) is 0 Å². The summed E-state index contributed by atoms with van der Waals surface area (Å²) in [6.45, 7) is 4.18. The van der Waals surface area contributed by atoms with E-state index in [0.29, 0.717) is 12.8 Å². The van der Waals surface area contributed by atoms with Gasteiger partial charge in [0.15, 0.2) is 6.10 Å². The fourth-order valence-electron chi connectivity index (χ4n) is 9.80. The van der Waals surface area contributed by atoms with Gasteiger partial charge in [-0.05, 0) is 12.8 Å². The van der Waals surface area contributed by atoms with Crippen LogP contribution in [0.15, 0.2) is 0 Å². The zero-order chi connectivity index (χ0) is 47.7. The molecule has 0 aliphatic carbocycles. The van der Waals surface area contributed by atoms with E-state index in [2.05, 4.69) is 13.8 Å². The van der Waals surface area contributed by atoms with Gasteiger partial charge >= 0.3 is 11.9 Å². The highest BCUT2D eigenvalue weighted by Gasteiger charge is 2.16. The first-order valence-corrected chi connectivity index (χ1v) is 30.6. The molecular weight excluding hydrogens is 813 g/mol. The van der Waals surface area contributed by atoms with Crippen molar-refractivity contribution in [1.29, 1.82) is 0 Å². The SMILES string of the molecule is CCCCCCCCCCCCCCCCCCCCCCCCCCCCCCCCCCCCCCCCCCCC(=O)OC(CO)COC(=O)CCCCCCCCCCCCC. The Kier molecular flexibility index (Phi) is 57.2. The van der Waals surface area contributed by atoms with Crippen LogP contribution in [0.1, 0.15) is 361 Å². The van der Waals surface area contributed by atoms with Crippen molar-refractivity contribution >= 4 is 11.9 Å². The molecule has 1 unspecified atom stereocenters. The van der Waals surface area contributed by atoms with Crippen molar-refractivity contribution in [2.24, 2.45) is 0 Å². The molecule has 0 amide bonds. The van der Waals surface area contributed by atoms with Gasteiger partial charge in [-0.1, -0.05) is 335 Å². The summed E-state index contributed by atoms with van der Waals surface area (Å²) in [5.41, 5.74) is 0. The van der Waals surface area contributed by atoms with Crippen LogP contribution in [0, 0.1) is 0 Å². The Bertz CT molecular complexity index is 921. The number of rotatable bonds is 58. The molecule has 0 aromatic rings. The molecule has 0 fully saturated rings. The van der Waals surface area contributed by atoms with Gasteiger partial charge in [0.05, 0.1) is 6.61 Å². The minimum absolute atomic E-state index is 0.0567. The number of hydrogen-bond acceptors (Lipinski definition) is 5. The third-order valence-corrected chi connectivity index (χ3v) is 14.4. The number of esters is 2. The zero-order valence-corrected chi connectivity index (χ0v) is 45.3. The fourth-order valence-corrected chi connectivity index (χ4v) is 9.80. The summed E-state index contributed by atoms with van der Waals surface area (Å²) in [4.78, 5) is 24.4. The van der Waals surface area contributed by atoms with Gasteiger partial charge in [0.2, 0.25) is 0 Å². The molecule has 0 bridgehead atoms. The van der Waals surface area contributed by atoms with Gasteiger partial charge in [0.25, 0.3) is 0 Å². The summed E-state index contributed by atoms with van der Waals surface area (Å²) in [5, 5.41) is 9.61. The molecule has 394 valence electrons. The quantitative estimate of drug-likeness (QED) is 0.0486. The van der Waals surface area contributed by atoms with Crippen LogP contribution in [0.25, 0.3) is 0 Å². The number of unbranched alkanes of at least 4 members (excludes halogenated alkanes) is 50. The maximum Gasteiger partial charge on any atom is 0.306 e. The Morgan fingerprint density at radius 3 is 0.667 bits per heavy atom. The Hall–Kier alpha value is -1.10. The van der Waals surface area contributed by atoms with Crippen molar-refractivity contribution in [3.63, 3.8) is 0 Å². The summed E-state index contributed by atoms with van der Waals surface area (Å²) >= 11 is 0.